The van der Waals surface area contributed by atoms with Crippen LogP contribution >= 0.6 is 0 Å². The second-order valence-electron chi connectivity index (χ2n) is 8.41. The number of hydrogen-bond donors (Lipinski definition) is 0. The molecule has 0 bridgehead atoms. The highest BCUT2D eigenvalue weighted by Crippen LogP contribution is 2.30. The summed E-state index contributed by atoms with van der Waals surface area (Å²) in [4.78, 5) is 35.3. The van der Waals surface area contributed by atoms with Crippen molar-refractivity contribution >= 4 is 17.9 Å². The summed E-state index contributed by atoms with van der Waals surface area (Å²) < 4.78 is 27.0. The van der Waals surface area contributed by atoms with E-state index in [1.165, 1.54) is 6.07 Å². The number of benzene rings is 3. The Hall–Kier alpha value is -5.36. The lowest BCUT2D eigenvalue weighted by Crippen LogP contribution is -2.11. The summed E-state index contributed by atoms with van der Waals surface area (Å²) in [7, 11) is 0. The van der Waals surface area contributed by atoms with Crippen LogP contribution in [0.4, 0.5) is 0 Å². The highest BCUT2D eigenvalue weighted by Gasteiger charge is 2.15. The van der Waals surface area contributed by atoms with E-state index in [0.29, 0.717) is 35.7 Å². The lowest BCUT2D eigenvalue weighted by atomic mass is 10.0. The van der Waals surface area contributed by atoms with Gasteiger partial charge < -0.3 is 23.7 Å². The van der Waals surface area contributed by atoms with Crippen LogP contribution in [-0.2, 0) is 19.1 Å². The van der Waals surface area contributed by atoms with Crippen molar-refractivity contribution in [3.05, 3.63) is 103 Å². The Kier molecular flexibility index (Phi) is 11.7. The molecule has 0 aromatic heterocycles. The molecule has 3 aromatic rings. The monoisotopic (exact) mass is 555 g/mol. The van der Waals surface area contributed by atoms with Crippen molar-refractivity contribution in [2.45, 2.75) is 12.8 Å². The number of carbonyl (C=O) groups is 3. The lowest BCUT2D eigenvalue weighted by molar-refractivity contribution is -0.138. The number of hydrogen-bond acceptors (Lipinski definition) is 9. The fourth-order valence-corrected chi connectivity index (χ4v) is 3.43. The van der Waals surface area contributed by atoms with Gasteiger partial charge in [-0.25, -0.2) is 14.4 Å². The van der Waals surface area contributed by atoms with Crippen LogP contribution in [0.1, 0.15) is 28.8 Å². The molecule has 0 amide bonds. The van der Waals surface area contributed by atoms with Gasteiger partial charge in [-0.05, 0) is 53.6 Å². The average molecular weight is 556 g/mol. The Bertz CT molecular complexity index is 1410. The molecule has 0 fully saturated rings. The van der Waals surface area contributed by atoms with E-state index < -0.39 is 17.9 Å². The van der Waals surface area contributed by atoms with Crippen LogP contribution in [0, 0.1) is 11.3 Å². The van der Waals surface area contributed by atoms with E-state index in [4.69, 9.17) is 28.9 Å². The maximum Gasteiger partial charge on any atom is 0.343 e. The molecule has 0 heterocycles. The molecule has 0 spiro atoms. The average Bonchev–Trinajstić information content (AvgIpc) is 3.01. The van der Waals surface area contributed by atoms with Gasteiger partial charge in [0, 0.05) is 25.0 Å². The zero-order chi connectivity index (χ0) is 29.5. The number of carbonyl (C=O) groups excluding carboxylic acids is 3. The molecule has 0 radical (unpaired) electrons. The Morgan fingerprint density at radius 2 is 1.24 bits per heavy atom. The van der Waals surface area contributed by atoms with Crippen LogP contribution < -0.4 is 14.2 Å². The molecule has 9 heteroatoms. The Balaban J connectivity index is 1.64. The van der Waals surface area contributed by atoms with E-state index in [9.17, 15) is 14.4 Å². The van der Waals surface area contributed by atoms with Crippen LogP contribution in [0.25, 0.3) is 11.1 Å². The quantitative estimate of drug-likeness (QED) is 0.104. The third kappa shape index (κ3) is 9.71. The summed E-state index contributed by atoms with van der Waals surface area (Å²) in [5.74, 6) is -0.601. The second kappa shape index (κ2) is 15.9. The topological polar surface area (TPSA) is 121 Å². The SMILES string of the molecule is C=CC(=O)OCCCOc1ccc(C(=O)Oc2ccc(-c3ccc(C#N)cc3)cc2)cc1OCCCOC(=O)C=C. The second-order valence-corrected chi connectivity index (χ2v) is 8.41. The largest absolute Gasteiger partial charge is 0.490 e. The summed E-state index contributed by atoms with van der Waals surface area (Å²) in [6.45, 7) is 7.40. The van der Waals surface area contributed by atoms with E-state index in [-0.39, 0.29) is 32.0 Å². The van der Waals surface area contributed by atoms with Gasteiger partial charge in [-0.2, -0.15) is 5.26 Å². The van der Waals surface area contributed by atoms with Gasteiger partial charge in [0.2, 0.25) is 0 Å². The van der Waals surface area contributed by atoms with Gasteiger partial charge in [0.15, 0.2) is 11.5 Å². The van der Waals surface area contributed by atoms with Crippen molar-refractivity contribution in [1.29, 1.82) is 5.26 Å². The summed E-state index contributed by atoms with van der Waals surface area (Å²) >= 11 is 0. The Labute approximate surface area is 238 Å². The molecule has 9 nitrogen and oxygen atoms in total. The first-order chi connectivity index (χ1) is 19.9. The van der Waals surface area contributed by atoms with Crippen molar-refractivity contribution in [2.24, 2.45) is 0 Å². The molecule has 0 atom stereocenters. The first-order valence-electron chi connectivity index (χ1n) is 12.7. The maximum atomic E-state index is 12.9. The van der Waals surface area contributed by atoms with Gasteiger partial charge in [-0.3, -0.25) is 0 Å². The van der Waals surface area contributed by atoms with E-state index in [1.54, 1.807) is 36.4 Å². The fraction of sp³-hybridized carbons (Fsp3) is 0.188. The molecule has 3 rings (SSSR count). The van der Waals surface area contributed by atoms with Gasteiger partial charge in [0.05, 0.1) is 43.6 Å². The van der Waals surface area contributed by atoms with E-state index in [0.717, 1.165) is 23.3 Å². The van der Waals surface area contributed by atoms with Crippen molar-refractivity contribution in [1.82, 2.24) is 0 Å². The number of rotatable bonds is 15. The molecule has 0 aliphatic rings. The molecular formula is C32H29NO8. The zero-order valence-electron chi connectivity index (χ0n) is 22.4. The maximum absolute atomic E-state index is 12.9. The van der Waals surface area contributed by atoms with Crippen molar-refractivity contribution < 1.29 is 38.1 Å². The van der Waals surface area contributed by atoms with Crippen LogP contribution in [0.15, 0.2) is 92.0 Å². The molecule has 0 aliphatic heterocycles. The molecular weight excluding hydrogens is 526 g/mol. The summed E-state index contributed by atoms with van der Waals surface area (Å²) in [5.41, 5.74) is 2.65. The van der Waals surface area contributed by atoms with Crippen molar-refractivity contribution in [3.8, 4) is 34.4 Å². The predicted molar refractivity (Wildman–Crippen MR) is 151 cm³/mol. The zero-order valence-corrected chi connectivity index (χ0v) is 22.4. The predicted octanol–water partition coefficient (Wildman–Crippen LogP) is 5.44. The van der Waals surface area contributed by atoms with Gasteiger partial charge in [0.25, 0.3) is 0 Å². The fourth-order valence-electron chi connectivity index (χ4n) is 3.43. The molecule has 41 heavy (non-hydrogen) atoms. The smallest absolute Gasteiger partial charge is 0.343 e. The molecule has 0 saturated carbocycles. The van der Waals surface area contributed by atoms with Crippen LogP contribution in [0.5, 0.6) is 17.2 Å². The molecule has 210 valence electrons. The van der Waals surface area contributed by atoms with Crippen molar-refractivity contribution in [2.75, 3.05) is 26.4 Å². The van der Waals surface area contributed by atoms with Gasteiger partial charge in [0.1, 0.15) is 5.75 Å². The number of nitriles is 1. The molecule has 0 aliphatic carbocycles. The highest BCUT2D eigenvalue weighted by atomic mass is 16.5. The summed E-state index contributed by atoms with van der Waals surface area (Å²) in [6, 6.07) is 20.9. The van der Waals surface area contributed by atoms with Crippen LogP contribution in [-0.4, -0.2) is 44.3 Å². The van der Waals surface area contributed by atoms with Gasteiger partial charge in [-0.1, -0.05) is 37.4 Å². The van der Waals surface area contributed by atoms with Crippen molar-refractivity contribution in [3.63, 3.8) is 0 Å². The normalized spacial score (nSPS) is 10.0. The third-order valence-corrected chi connectivity index (χ3v) is 5.51. The summed E-state index contributed by atoms with van der Waals surface area (Å²) in [6.07, 6.45) is 2.99. The Morgan fingerprint density at radius 3 is 1.78 bits per heavy atom. The number of esters is 3. The number of ether oxygens (including phenoxy) is 5. The van der Waals surface area contributed by atoms with Gasteiger partial charge >= 0.3 is 17.9 Å². The molecule has 0 N–H and O–H groups in total. The lowest BCUT2D eigenvalue weighted by Gasteiger charge is -2.14. The Morgan fingerprint density at radius 1 is 0.707 bits per heavy atom. The minimum atomic E-state index is -0.594. The summed E-state index contributed by atoms with van der Waals surface area (Å²) in [5, 5.41) is 8.97. The third-order valence-electron chi connectivity index (χ3n) is 5.51. The van der Waals surface area contributed by atoms with Crippen LogP contribution in [0.2, 0.25) is 0 Å². The molecule has 0 saturated heterocycles. The standard InChI is InChI=1S/C32H29NO8/c1-3-30(34)39-19-5-17-37-28-16-13-26(21-29(28)38-18-6-20-40-31(35)4-2)32(36)41-27-14-11-25(12-15-27)24-9-7-23(22-33)8-10-24/h3-4,7-16,21H,1-2,5-6,17-20H2. The van der Waals surface area contributed by atoms with E-state index >= 15 is 0 Å². The van der Waals surface area contributed by atoms with Gasteiger partial charge in [-0.15, -0.1) is 0 Å². The highest BCUT2D eigenvalue weighted by molar-refractivity contribution is 5.92. The minimum absolute atomic E-state index is 0.135. The van der Waals surface area contributed by atoms with E-state index in [2.05, 4.69) is 19.2 Å². The molecule has 0 unspecified atom stereocenters. The van der Waals surface area contributed by atoms with E-state index in [1.807, 2.05) is 24.3 Å². The minimum Gasteiger partial charge on any atom is -0.490 e. The van der Waals surface area contributed by atoms with Crippen LogP contribution in [0.3, 0.4) is 0 Å². The first kappa shape index (κ1) is 30.2. The first-order valence-corrected chi connectivity index (χ1v) is 12.7. The molecule has 3 aromatic carbocycles. The number of nitrogens with zero attached hydrogens (tertiary/aromatic N) is 1.